The van der Waals surface area contributed by atoms with Crippen LogP contribution in [-0.4, -0.2) is 73.9 Å². The molecule has 3 atom stereocenters. The minimum absolute atomic E-state index is 0.476. The predicted octanol–water partition coefficient (Wildman–Crippen LogP) is 1.24. The summed E-state index contributed by atoms with van der Waals surface area (Å²) in [6, 6.07) is 0.915. The second-order valence-corrected chi connectivity index (χ2v) is 10.2. The molecule has 1 heterocycles. The topological polar surface area (TPSA) is 67.9 Å². The number of hydrogen-bond acceptors (Lipinski definition) is 7. The molecule has 3 unspecified atom stereocenters. The summed E-state index contributed by atoms with van der Waals surface area (Å²) in [6.07, 6.45) is 6.01. The average molecular weight is 395 g/mol. The molecule has 0 aromatic heterocycles. The van der Waals surface area contributed by atoms with E-state index in [1.807, 2.05) is 0 Å². The van der Waals surface area contributed by atoms with Gasteiger partial charge in [-0.1, -0.05) is 0 Å². The van der Waals surface area contributed by atoms with E-state index in [0.29, 0.717) is 18.2 Å². The quantitative estimate of drug-likeness (QED) is 0.331. The van der Waals surface area contributed by atoms with E-state index in [0.717, 1.165) is 34.0 Å². The van der Waals surface area contributed by atoms with Crippen LogP contribution in [0.5, 0.6) is 0 Å². The van der Waals surface area contributed by atoms with Gasteiger partial charge >= 0.3 is 14.7 Å². The molecule has 0 radical (unpaired) electrons. The number of hydrogen-bond donors (Lipinski definition) is 0. The average Bonchev–Trinajstić information content (AvgIpc) is 3.43. The zero-order chi connectivity index (χ0) is 18.9. The van der Waals surface area contributed by atoms with E-state index < -0.39 is 8.80 Å². The number of fused-ring (bicyclic) bond motifs is 1. The van der Waals surface area contributed by atoms with Gasteiger partial charge in [0.15, 0.2) is 0 Å². The summed E-state index contributed by atoms with van der Waals surface area (Å²) in [5, 5.41) is 0.778. The lowest BCUT2D eigenvalue weighted by Crippen LogP contribution is -2.43. The summed E-state index contributed by atoms with van der Waals surface area (Å²) in [5.41, 5.74) is 0. The second kappa shape index (κ2) is 11.2. The van der Waals surface area contributed by atoms with E-state index in [4.69, 9.17) is 32.2 Å². The summed E-state index contributed by atoms with van der Waals surface area (Å²) < 4.78 is 36.3. The maximum atomic E-state index is 5.54. The summed E-state index contributed by atoms with van der Waals surface area (Å²) >= 11 is 0. The van der Waals surface area contributed by atoms with E-state index in [9.17, 15) is 0 Å². The van der Waals surface area contributed by atoms with Crippen molar-refractivity contribution >= 4 is 19.0 Å². The monoisotopic (exact) mass is 394 g/mol. The Balaban J connectivity index is 0.000000299. The molecule has 0 bridgehead atoms. The van der Waals surface area contributed by atoms with Crippen LogP contribution in [0.2, 0.25) is 6.04 Å². The largest absolute Gasteiger partial charge is 0.500 e. The van der Waals surface area contributed by atoms with Gasteiger partial charge in [-0.3, -0.25) is 0 Å². The molecule has 0 aromatic rings. The lowest BCUT2D eigenvalue weighted by Gasteiger charge is -2.27. The number of epoxide rings is 1. The van der Waals surface area contributed by atoms with Crippen LogP contribution in [0.3, 0.4) is 0 Å². The smallest absolute Gasteiger partial charge is 0.500 e. The predicted molar refractivity (Wildman–Crippen MR) is 100 cm³/mol. The van der Waals surface area contributed by atoms with Gasteiger partial charge in [-0.15, -0.1) is 0 Å². The van der Waals surface area contributed by atoms with Gasteiger partial charge in [0.2, 0.25) is 0 Å². The normalized spacial score (nSPS) is 24.5. The number of ether oxygens (including phenoxy) is 4. The molecule has 1 saturated carbocycles. The highest BCUT2D eigenvalue weighted by Gasteiger charge is 2.45. The van der Waals surface area contributed by atoms with E-state index in [2.05, 4.69) is 0 Å². The zero-order valence-electron chi connectivity index (χ0n) is 16.6. The standard InChI is InChI=1S/C11H22O4Si.C5H12O3Si/c1-12-16(13-2,14-3)7-6-9-4-5-10-11(8-9)15-10;1-6-4(7-2)5(9)8-3/h9-11H,4-8H2,1-3H3;1-3,9H3. The van der Waals surface area contributed by atoms with Crippen molar-refractivity contribution < 1.29 is 32.2 Å². The van der Waals surface area contributed by atoms with Crippen molar-refractivity contribution in [1.29, 1.82) is 0 Å². The van der Waals surface area contributed by atoms with Crippen LogP contribution in [0, 0.1) is 5.92 Å². The third kappa shape index (κ3) is 6.91. The zero-order valence-corrected chi connectivity index (χ0v) is 19.6. The minimum Gasteiger partial charge on any atom is -0.500 e. The van der Waals surface area contributed by atoms with Gasteiger partial charge in [0, 0.05) is 27.4 Å². The highest BCUT2D eigenvalue weighted by atomic mass is 28.4. The highest BCUT2D eigenvalue weighted by molar-refractivity contribution is 6.60. The molecule has 1 aliphatic heterocycles. The van der Waals surface area contributed by atoms with Crippen LogP contribution in [0.1, 0.15) is 25.7 Å². The SMILES string of the molecule is COC([SiH3])=C(OC)OC.CO[Si](CCC1CCC2OC2C1)(OC)OC. The van der Waals surface area contributed by atoms with Crippen LogP contribution in [-0.2, 0) is 32.2 Å². The van der Waals surface area contributed by atoms with E-state index >= 15 is 0 Å². The van der Waals surface area contributed by atoms with Crippen molar-refractivity contribution in [1.82, 2.24) is 0 Å². The fraction of sp³-hybridized carbons (Fsp3) is 0.875. The van der Waals surface area contributed by atoms with Crippen molar-refractivity contribution in [2.45, 2.75) is 43.9 Å². The third-order valence-corrected chi connectivity index (χ3v) is 8.45. The van der Waals surface area contributed by atoms with Crippen molar-refractivity contribution in [3.8, 4) is 0 Å². The van der Waals surface area contributed by atoms with Crippen molar-refractivity contribution in [2.24, 2.45) is 5.92 Å². The molecule has 25 heavy (non-hydrogen) atoms. The molecular weight excluding hydrogens is 360 g/mol. The Morgan fingerprint density at radius 2 is 1.52 bits per heavy atom. The summed E-state index contributed by atoms with van der Waals surface area (Å²) in [6.45, 7) is 0. The van der Waals surface area contributed by atoms with Gasteiger partial charge in [0.1, 0.15) is 5.38 Å². The molecule has 0 N–H and O–H groups in total. The van der Waals surface area contributed by atoms with Gasteiger partial charge in [-0.05, 0) is 31.6 Å². The van der Waals surface area contributed by atoms with Gasteiger partial charge < -0.3 is 32.2 Å². The summed E-state index contributed by atoms with van der Waals surface area (Å²) in [4.78, 5) is 0. The van der Waals surface area contributed by atoms with Crippen LogP contribution in [0.4, 0.5) is 0 Å². The Morgan fingerprint density at radius 1 is 0.920 bits per heavy atom. The van der Waals surface area contributed by atoms with E-state index in [-0.39, 0.29) is 0 Å². The Hall–Kier alpha value is -0.586. The Morgan fingerprint density at radius 3 is 1.92 bits per heavy atom. The molecule has 9 heteroatoms. The van der Waals surface area contributed by atoms with Crippen molar-refractivity contribution in [3.05, 3.63) is 11.3 Å². The molecule has 1 aliphatic carbocycles. The molecule has 148 valence electrons. The first-order valence-electron chi connectivity index (χ1n) is 8.62. The Labute approximate surface area is 155 Å². The molecule has 2 aliphatic rings. The van der Waals surface area contributed by atoms with E-state index in [1.54, 1.807) is 42.7 Å². The summed E-state index contributed by atoms with van der Waals surface area (Å²) in [7, 11) is 8.19. The first-order valence-corrected chi connectivity index (χ1v) is 11.6. The van der Waals surface area contributed by atoms with Crippen LogP contribution in [0.25, 0.3) is 0 Å². The second-order valence-electron chi connectivity index (χ2n) is 6.18. The molecule has 0 spiro atoms. The fourth-order valence-electron chi connectivity index (χ4n) is 3.14. The maximum absolute atomic E-state index is 5.54. The Kier molecular flexibility index (Phi) is 10.1. The first-order chi connectivity index (χ1) is 12.0. The van der Waals surface area contributed by atoms with Gasteiger partial charge in [-0.25, -0.2) is 0 Å². The van der Waals surface area contributed by atoms with E-state index in [1.165, 1.54) is 19.3 Å². The molecule has 2 fully saturated rings. The minimum atomic E-state index is -2.35. The van der Waals surface area contributed by atoms with Crippen molar-refractivity contribution in [2.75, 3.05) is 42.7 Å². The fourth-order valence-corrected chi connectivity index (χ4v) is 5.42. The molecular formula is C16H34O7Si2. The van der Waals surface area contributed by atoms with Gasteiger partial charge in [-0.2, -0.15) is 0 Å². The first kappa shape index (κ1) is 22.5. The molecule has 0 aromatic carbocycles. The van der Waals surface area contributed by atoms with Crippen LogP contribution in [0.15, 0.2) is 11.3 Å². The molecule has 0 amide bonds. The number of rotatable bonds is 9. The maximum Gasteiger partial charge on any atom is 0.500 e. The summed E-state index contributed by atoms with van der Waals surface area (Å²) in [5.74, 6) is 1.24. The molecule has 1 saturated heterocycles. The Bertz CT molecular complexity index is 401. The number of methoxy groups -OCH3 is 3. The third-order valence-electron chi connectivity index (χ3n) is 4.87. The van der Waals surface area contributed by atoms with Crippen LogP contribution < -0.4 is 0 Å². The van der Waals surface area contributed by atoms with Gasteiger partial charge in [0.25, 0.3) is 0 Å². The lowest BCUT2D eigenvalue weighted by atomic mass is 9.88. The van der Waals surface area contributed by atoms with Crippen LogP contribution >= 0.6 is 0 Å². The lowest BCUT2D eigenvalue weighted by molar-refractivity contribution is 0.0758. The molecule has 2 rings (SSSR count). The van der Waals surface area contributed by atoms with Crippen molar-refractivity contribution in [3.63, 3.8) is 0 Å². The van der Waals surface area contributed by atoms with Gasteiger partial charge in [0.05, 0.1) is 43.8 Å². The highest BCUT2D eigenvalue weighted by Crippen LogP contribution is 2.41. The molecule has 7 nitrogen and oxygen atoms in total.